The lowest BCUT2D eigenvalue weighted by molar-refractivity contribution is 0.297. The van der Waals surface area contributed by atoms with Gasteiger partial charge in [0.1, 0.15) is 5.82 Å². The van der Waals surface area contributed by atoms with Crippen LogP contribution in [0.3, 0.4) is 0 Å². The number of nitrogens with one attached hydrogen (secondary N) is 1. The maximum atomic E-state index is 13.0. The van der Waals surface area contributed by atoms with Gasteiger partial charge in [0.2, 0.25) is 5.95 Å². The van der Waals surface area contributed by atoms with E-state index in [1.54, 1.807) is 12.1 Å². The summed E-state index contributed by atoms with van der Waals surface area (Å²) >= 11 is 0. The molecule has 19 heavy (non-hydrogen) atoms. The Morgan fingerprint density at radius 1 is 1.05 bits per heavy atom. The molecular weight excluding hydrogens is 247 g/mol. The lowest BCUT2D eigenvalue weighted by Crippen LogP contribution is -1.97. The summed E-state index contributed by atoms with van der Waals surface area (Å²) in [5.41, 5.74) is 0.780. The first-order chi connectivity index (χ1) is 9.31. The third-order valence-electron chi connectivity index (χ3n) is 2.74. The van der Waals surface area contributed by atoms with Crippen molar-refractivity contribution in [3.05, 3.63) is 42.3 Å². The molecule has 0 radical (unpaired) electrons. The number of halogens is 1. The number of hydrogen-bond donors (Lipinski definition) is 1. The van der Waals surface area contributed by atoms with Crippen molar-refractivity contribution in [3.63, 3.8) is 0 Å². The van der Waals surface area contributed by atoms with Crippen molar-refractivity contribution in [2.24, 2.45) is 0 Å². The Labute approximate surface area is 110 Å². The Kier molecular flexibility index (Phi) is 3.18. The highest BCUT2D eigenvalue weighted by Crippen LogP contribution is 2.33. The van der Waals surface area contributed by atoms with Gasteiger partial charge in [0.15, 0.2) is 11.5 Å². The molecule has 1 aromatic carbocycles. The monoisotopic (exact) mass is 260 g/mol. The third-order valence-corrected chi connectivity index (χ3v) is 2.74. The van der Waals surface area contributed by atoms with Crippen LogP contribution in [-0.4, -0.2) is 18.2 Å². The number of ether oxygens (including phenoxy) is 2. The summed E-state index contributed by atoms with van der Waals surface area (Å²) in [5, 5.41) is 3.03. The van der Waals surface area contributed by atoms with Gasteiger partial charge in [0, 0.05) is 18.2 Å². The maximum Gasteiger partial charge on any atom is 0.214 e. The van der Waals surface area contributed by atoms with Crippen molar-refractivity contribution in [2.75, 3.05) is 18.5 Å². The molecule has 98 valence electrons. The standard InChI is InChI=1S/C14H13FN2O2/c15-13-3-1-4-14(17-13)16-10-5-6-11-12(9-10)19-8-2-7-18-11/h1,3-6,9H,2,7-8H2,(H,16,17). The number of rotatable bonds is 2. The molecule has 0 amide bonds. The molecule has 4 nitrogen and oxygen atoms in total. The van der Waals surface area contributed by atoms with Crippen molar-refractivity contribution in [3.8, 4) is 11.5 Å². The highest BCUT2D eigenvalue weighted by Gasteiger charge is 2.10. The molecule has 1 aliphatic rings. The number of benzene rings is 1. The van der Waals surface area contributed by atoms with Crippen LogP contribution in [0.15, 0.2) is 36.4 Å². The smallest absolute Gasteiger partial charge is 0.214 e. The Balaban J connectivity index is 1.84. The van der Waals surface area contributed by atoms with E-state index in [2.05, 4.69) is 10.3 Å². The molecule has 0 fully saturated rings. The molecule has 0 saturated carbocycles. The third kappa shape index (κ3) is 2.76. The van der Waals surface area contributed by atoms with E-state index in [1.807, 2.05) is 18.2 Å². The van der Waals surface area contributed by atoms with Gasteiger partial charge >= 0.3 is 0 Å². The molecule has 2 aromatic rings. The van der Waals surface area contributed by atoms with E-state index in [1.165, 1.54) is 6.07 Å². The quantitative estimate of drug-likeness (QED) is 0.842. The second kappa shape index (κ2) is 5.14. The van der Waals surface area contributed by atoms with Gasteiger partial charge in [-0.25, -0.2) is 4.98 Å². The summed E-state index contributed by atoms with van der Waals surface area (Å²) in [7, 11) is 0. The normalized spacial score (nSPS) is 13.7. The van der Waals surface area contributed by atoms with Gasteiger partial charge in [0.25, 0.3) is 0 Å². The molecule has 0 aliphatic carbocycles. The molecule has 2 heterocycles. The van der Waals surface area contributed by atoms with E-state index in [-0.39, 0.29) is 0 Å². The molecule has 1 aliphatic heterocycles. The van der Waals surface area contributed by atoms with Gasteiger partial charge < -0.3 is 14.8 Å². The van der Waals surface area contributed by atoms with Crippen LogP contribution in [0.2, 0.25) is 0 Å². The number of fused-ring (bicyclic) bond motifs is 1. The van der Waals surface area contributed by atoms with Crippen LogP contribution in [0.4, 0.5) is 15.9 Å². The van der Waals surface area contributed by atoms with Crippen molar-refractivity contribution in [1.29, 1.82) is 0 Å². The van der Waals surface area contributed by atoms with E-state index < -0.39 is 5.95 Å². The zero-order valence-electron chi connectivity index (χ0n) is 10.2. The fourth-order valence-corrected chi connectivity index (χ4v) is 1.87. The topological polar surface area (TPSA) is 43.4 Å². The first-order valence-corrected chi connectivity index (χ1v) is 6.10. The van der Waals surface area contributed by atoms with Crippen LogP contribution in [0.25, 0.3) is 0 Å². The number of pyridine rings is 1. The molecular formula is C14H13FN2O2. The van der Waals surface area contributed by atoms with Crippen molar-refractivity contribution in [2.45, 2.75) is 6.42 Å². The predicted octanol–water partition coefficient (Wildman–Crippen LogP) is 3.13. The predicted molar refractivity (Wildman–Crippen MR) is 69.5 cm³/mol. The zero-order valence-corrected chi connectivity index (χ0v) is 10.2. The van der Waals surface area contributed by atoms with Crippen LogP contribution in [-0.2, 0) is 0 Å². The Hall–Kier alpha value is -2.30. The Morgan fingerprint density at radius 3 is 2.74 bits per heavy atom. The van der Waals surface area contributed by atoms with Gasteiger partial charge in [-0.1, -0.05) is 6.07 Å². The maximum absolute atomic E-state index is 13.0. The second-order valence-electron chi connectivity index (χ2n) is 4.18. The molecule has 0 spiro atoms. The molecule has 0 atom stereocenters. The minimum Gasteiger partial charge on any atom is -0.490 e. The largest absolute Gasteiger partial charge is 0.490 e. The minimum absolute atomic E-state index is 0.453. The van der Waals surface area contributed by atoms with Crippen molar-refractivity contribution < 1.29 is 13.9 Å². The summed E-state index contributed by atoms with van der Waals surface area (Å²) in [6.45, 7) is 1.29. The Morgan fingerprint density at radius 2 is 1.89 bits per heavy atom. The van der Waals surface area contributed by atoms with Gasteiger partial charge in [-0.2, -0.15) is 4.39 Å². The summed E-state index contributed by atoms with van der Waals surface area (Å²) in [4.78, 5) is 3.75. The first-order valence-electron chi connectivity index (χ1n) is 6.10. The SMILES string of the molecule is Fc1cccc(Nc2ccc3c(c2)OCCCO3)n1. The molecule has 1 N–H and O–H groups in total. The molecule has 0 unspecified atom stereocenters. The number of anilines is 2. The molecule has 5 heteroatoms. The minimum atomic E-state index is -0.514. The molecule has 0 saturated heterocycles. The average Bonchev–Trinajstić information content (AvgIpc) is 2.63. The van der Waals surface area contributed by atoms with E-state index in [9.17, 15) is 4.39 Å². The van der Waals surface area contributed by atoms with E-state index in [4.69, 9.17) is 9.47 Å². The first kappa shape index (κ1) is 11.8. The summed E-state index contributed by atoms with van der Waals surface area (Å²) < 4.78 is 24.1. The van der Waals surface area contributed by atoms with Crippen LogP contribution < -0.4 is 14.8 Å². The molecule has 0 bridgehead atoms. The van der Waals surface area contributed by atoms with Crippen LogP contribution in [0.1, 0.15) is 6.42 Å². The lowest BCUT2D eigenvalue weighted by Gasteiger charge is -2.10. The molecule has 1 aromatic heterocycles. The fourth-order valence-electron chi connectivity index (χ4n) is 1.87. The highest BCUT2D eigenvalue weighted by molar-refractivity contribution is 5.61. The van der Waals surface area contributed by atoms with E-state index in [0.717, 1.165) is 17.9 Å². The van der Waals surface area contributed by atoms with E-state index >= 15 is 0 Å². The zero-order chi connectivity index (χ0) is 13.1. The highest BCUT2D eigenvalue weighted by atomic mass is 19.1. The van der Waals surface area contributed by atoms with E-state index in [0.29, 0.717) is 24.8 Å². The average molecular weight is 260 g/mol. The van der Waals surface area contributed by atoms with Crippen molar-refractivity contribution in [1.82, 2.24) is 4.98 Å². The summed E-state index contributed by atoms with van der Waals surface area (Å²) in [6.07, 6.45) is 0.864. The van der Waals surface area contributed by atoms with Crippen LogP contribution in [0.5, 0.6) is 11.5 Å². The lowest BCUT2D eigenvalue weighted by atomic mass is 10.2. The van der Waals surface area contributed by atoms with Gasteiger partial charge in [-0.15, -0.1) is 0 Å². The fraction of sp³-hybridized carbons (Fsp3) is 0.214. The number of aromatic nitrogens is 1. The summed E-state index contributed by atoms with van der Waals surface area (Å²) in [6, 6.07) is 10.1. The van der Waals surface area contributed by atoms with Gasteiger partial charge in [-0.3, -0.25) is 0 Å². The van der Waals surface area contributed by atoms with Crippen molar-refractivity contribution >= 4 is 11.5 Å². The van der Waals surface area contributed by atoms with Gasteiger partial charge in [0.05, 0.1) is 13.2 Å². The second-order valence-corrected chi connectivity index (χ2v) is 4.18. The Bertz CT molecular complexity index is 589. The van der Waals surface area contributed by atoms with Crippen LogP contribution >= 0.6 is 0 Å². The van der Waals surface area contributed by atoms with Gasteiger partial charge in [-0.05, 0) is 24.3 Å². The number of hydrogen-bond acceptors (Lipinski definition) is 4. The molecule has 3 rings (SSSR count). The van der Waals surface area contributed by atoms with Crippen LogP contribution in [0, 0.1) is 5.95 Å². The number of nitrogens with zero attached hydrogens (tertiary/aromatic N) is 1. The summed E-state index contributed by atoms with van der Waals surface area (Å²) in [5.74, 6) is 1.36.